The first kappa shape index (κ1) is 14.9. The first-order chi connectivity index (χ1) is 7.20. The number of carboxylic acids is 1. The number of carbonyl (C=O) groups is 2. The van der Waals surface area contributed by atoms with Crippen LogP contribution in [0.1, 0.15) is 47.5 Å². The fourth-order valence-electron chi connectivity index (χ4n) is 1.50. The lowest BCUT2D eigenvalue weighted by atomic mass is 9.86. The average Bonchev–Trinajstić information content (AvgIpc) is 2.11. The van der Waals surface area contributed by atoms with Crippen LogP contribution in [-0.4, -0.2) is 23.0 Å². The minimum absolute atomic E-state index is 0.130. The third-order valence-electron chi connectivity index (χ3n) is 2.57. The van der Waals surface area contributed by atoms with Crippen molar-refractivity contribution < 1.29 is 14.7 Å². The maximum Gasteiger partial charge on any atom is 0.326 e. The molecule has 0 saturated heterocycles. The predicted octanol–water partition coefficient (Wildman–Crippen LogP) is 2.04. The first-order valence-corrected chi connectivity index (χ1v) is 5.73. The lowest BCUT2D eigenvalue weighted by Gasteiger charge is -2.28. The Morgan fingerprint density at radius 1 is 1.31 bits per heavy atom. The zero-order valence-corrected chi connectivity index (χ0v) is 10.8. The smallest absolute Gasteiger partial charge is 0.326 e. The van der Waals surface area contributed by atoms with Gasteiger partial charge in [0.25, 0.3) is 0 Å². The molecule has 0 spiro atoms. The molecule has 0 aromatic carbocycles. The number of carbonyl (C=O) groups excluding carboxylic acids is 1. The molecule has 0 aromatic heterocycles. The van der Waals surface area contributed by atoms with Crippen LogP contribution in [0.3, 0.4) is 0 Å². The number of amides is 1. The van der Waals surface area contributed by atoms with Crippen LogP contribution in [0.2, 0.25) is 0 Å². The molecular weight excluding hydrogens is 206 g/mol. The van der Waals surface area contributed by atoms with E-state index < -0.39 is 17.4 Å². The summed E-state index contributed by atoms with van der Waals surface area (Å²) in [6.07, 6.45) is 1.70. The zero-order valence-electron chi connectivity index (χ0n) is 10.8. The summed E-state index contributed by atoms with van der Waals surface area (Å²) in [7, 11) is 0. The van der Waals surface area contributed by atoms with Crippen molar-refractivity contribution in [3.8, 4) is 0 Å². The van der Waals surface area contributed by atoms with E-state index in [-0.39, 0.29) is 11.8 Å². The first-order valence-electron chi connectivity index (χ1n) is 5.73. The van der Waals surface area contributed by atoms with Gasteiger partial charge in [-0.3, -0.25) is 4.79 Å². The van der Waals surface area contributed by atoms with Gasteiger partial charge in [-0.25, -0.2) is 4.79 Å². The Morgan fingerprint density at radius 2 is 1.81 bits per heavy atom. The highest BCUT2D eigenvalue weighted by Gasteiger charge is 2.33. The van der Waals surface area contributed by atoms with Gasteiger partial charge in [-0.05, 0) is 11.8 Å². The molecule has 16 heavy (non-hydrogen) atoms. The molecule has 0 rings (SSSR count). The Kier molecular flexibility index (Phi) is 5.48. The number of nitrogens with one attached hydrogen (secondary N) is 1. The van der Waals surface area contributed by atoms with E-state index in [1.165, 1.54) is 0 Å². The van der Waals surface area contributed by atoms with Gasteiger partial charge in [-0.2, -0.15) is 0 Å². The normalized spacial score (nSPS) is 15.3. The molecule has 0 aliphatic rings. The van der Waals surface area contributed by atoms with Gasteiger partial charge in [0.2, 0.25) is 5.91 Å². The topological polar surface area (TPSA) is 66.4 Å². The lowest BCUT2D eigenvalue weighted by molar-refractivity contribution is -0.145. The Hall–Kier alpha value is -1.06. The molecule has 0 bridgehead atoms. The van der Waals surface area contributed by atoms with Crippen molar-refractivity contribution in [2.75, 3.05) is 0 Å². The standard InChI is InChI=1S/C12H23NO3/c1-6-7-8(2)10(14)13-9(11(15)16)12(3,4)5/h8-9H,6-7H2,1-5H3,(H,13,14)(H,15,16)/t8?,9-/m1/s1. The van der Waals surface area contributed by atoms with Crippen LogP contribution in [0.15, 0.2) is 0 Å². The summed E-state index contributed by atoms with van der Waals surface area (Å²) in [6, 6.07) is -0.834. The van der Waals surface area contributed by atoms with Crippen molar-refractivity contribution >= 4 is 11.9 Å². The monoisotopic (exact) mass is 229 g/mol. The summed E-state index contributed by atoms with van der Waals surface area (Å²) in [5.74, 6) is -1.29. The fourth-order valence-corrected chi connectivity index (χ4v) is 1.50. The summed E-state index contributed by atoms with van der Waals surface area (Å²) >= 11 is 0. The molecule has 0 aliphatic carbocycles. The largest absolute Gasteiger partial charge is 0.480 e. The van der Waals surface area contributed by atoms with Crippen molar-refractivity contribution in [2.24, 2.45) is 11.3 Å². The van der Waals surface area contributed by atoms with E-state index in [0.717, 1.165) is 12.8 Å². The molecule has 0 radical (unpaired) electrons. The summed E-state index contributed by atoms with van der Waals surface area (Å²) in [5, 5.41) is 11.7. The van der Waals surface area contributed by atoms with E-state index >= 15 is 0 Å². The number of hydrogen-bond acceptors (Lipinski definition) is 2. The number of rotatable bonds is 5. The molecular formula is C12H23NO3. The second-order valence-electron chi connectivity index (χ2n) is 5.34. The van der Waals surface area contributed by atoms with Gasteiger partial charge in [0.15, 0.2) is 0 Å². The summed E-state index contributed by atoms with van der Waals surface area (Å²) in [4.78, 5) is 22.8. The molecule has 0 fully saturated rings. The van der Waals surface area contributed by atoms with Crippen LogP contribution in [0.4, 0.5) is 0 Å². The van der Waals surface area contributed by atoms with Crippen LogP contribution in [0.25, 0.3) is 0 Å². The lowest BCUT2D eigenvalue weighted by Crippen LogP contribution is -2.50. The molecule has 0 heterocycles. The highest BCUT2D eigenvalue weighted by atomic mass is 16.4. The molecule has 1 unspecified atom stereocenters. The predicted molar refractivity (Wildman–Crippen MR) is 63.1 cm³/mol. The molecule has 2 atom stereocenters. The molecule has 4 heteroatoms. The summed E-state index contributed by atoms with van der Waals surface area (Å²) < 4.78 is 0. The second-order valence-corrected chi connectivity index (χ2v) is 5.34. The maximum absolute atomic E-state index is 11.7. The number of aliphatic carboxylic acids is 1. The van der Waals surface area contributed by atoms with Crippen molar-refractivity contribution in [2.45, 2.75) is 53.5 Å². The van der Waals surface area contributed by atoms with Gasteiger partial charge < -0.3 is 10.4 Å². The average molecular weight is 229 g/mol. The van der Waals surface area contributed by atoms with Crippen LogP contribution >= 0.6 is 0 Å². The van der Waals surface area contributed by atoms with Crippen molar-refractivity contribution in [3.05, 3.63) is 0 Å². The maximum atomic E-state index is 11.7. The summed E-state index contributed by atoms with van der Waals surface area (Å²) in [5.41, 5.74) is -0.479. The van der Waals surface area contributed by atoms with Gasteiger partial charge in [0, 0.05) is 5.92 Å². The molecule has 0 aromatic rings. The highest BCUT2D eigenvalue weighted by molar-refractivity contribution is 5.85. The van der Waals surface area contributed by atoms with Crippen LogP contribution < -0.4 is 5.32 Å². The van der Waals surface area contributed by atoms with Crippen LogP contribution in [-0.2, 0) is 9.59 Å². The van der Waals surface area contributed by atoms with E-state index in [0.29, 0.717) is 0 Å². The zero-order chi connectivity index (χ0) is 12.9. The van der Waals surface area contributed by atoms with E-state index in [1.54, 1.807) is 20.8 Å². The SMILES string of the molecule is CCCC(C)C(=O)N[C@H](C(=O)O)C(C)(C)C. The Bertz CT molecular complexity index is 255. The Morgan fingerprint density at radius 3 is 2.12 bits per heavy atom. The molecule has 0 aliphatic heterocycles. The van der Waals surface area contributed by atoms with Gasteiger partial charge in [0.1, 0.15) is 6.04 Å². The molecule has 4 nitrogen and oxygen atoms in total. The Labute approximate surface area is 97.4 Å². The minimum Gasteiger partial charge on any atom is -0.480 e. The third-order valence-corrected chi connectivity index (χ3v) is 2.57. The molecule has 0 saturated carbocycles. The quantitative estimate of drug-likeness (QED) is 0.758. The minimum atomic E-state index is -0.982. The summed E-state index contributed by atoms with van der Waals surface area (Å²) in [6.45, 7) is 9.23. The van der Waals surface area contributed by atoms with Gasteiger partial charge in [-0.15, -0.1) is 0 Å². The van der Waals surface area contributed by atoms with Gasteiger partial charge in [0.05, 0.1) is 0 Å². The van der Waals surface area contributed by atoms with Crippen molar-refractivity contribution in [3.63, 3.8) is 0 Å². The van der Waals surface area contributed by atoms with Gasteiger partial charge in [-0.1, -0.05) is 41.0 Å². The molecule has 2 N–H and O–H groups in total. The van der Waals surface area contributed by atoms with Gasteiger partial charge >= 0.3 is 5.97 Å². The molecule has 94 valence electrons. The second kappa shape index (κ2) is 5.87. The van der Waals surface area contributed by atoms with Crippen LogP contribution in [0, 0.1) is 11.3 Å². The van der Waals surface area contributed by atoms with Crippen molar-refractivity contribution in [1.29, 1.82) is 0 Å². The van der Waals surface area contributed by atoms with Crippen molar-refractivity contribution in [1.82, 2.24) is 5.32 Å². The Balaban J connectivity index is 4.54. The third kappa shape index (κ3) is 4.64. The number of hydrogen-bond donors (Lipinski definition) is 2. The van der Waals surface area contributed by atoms with E-state index in [2.05, 4.69) is 5.32 Å². The highest BCUT2D eigenvalue weighted by Crippen LogP contribution is 2.20. The van der Waals surface area contributed by atoms with E-state index in [1.807, 2.05) is 13.8 Å². The van der Waals surface area contributed by atoms with E-state index in [9.17, 15) is 9.59 Å². The number of carboxylic acid groups (broad SMARTS) is 1. The fraction of sp³-hybridized carbons (Fsp3) is 0.833. The van der Waals surface area contributed by atoms with E-state index in [4.69, 9.17) is 5.11 Å². The van der Waals surface area contributed by atoms with Crippen LogP contribution in [0.5, 0.6) is 0 Å². The molecule has 1 amide bonds.